The topological polar surface area (TPSA) is 57.5 Å². The number of aliphatic carboxylic acids is 1. The van der Waals surface area contributed by atoms with Crippen LogP contribution in [0.15, 0.2) is 11.1 Å². The summed E-state index contributed by atoms with van der Waals surface area (Å²) in [5, 5.41) is 21.2. The van der Waals surface area contributed by atoms with E-state index in [1.54, 1.807) is 0 Å². The number of carboxylic acids is 1. The van der Waals surface area contributed by atoms with Gasteiger partial charge in [-0.05, 0) is 62.2 Å². The summed E-state index contributed by atoms with van der Waals surface area (Å²) in [4.78, 5) is 12.5. The molecule has 0 aliphatic heterocycles. The lowest BCUT2D eigenvalue weighted by Crippen LogP contribution is -2.53. The van der Waals surface area contributed by atoms with Crippen LogP contribution in [0.4, 0.5) is 0 Å². The quantitative estimate of drug-likeness (QED) is 0.734. The van der Waals surface area contributed by atoms with Gasteiger partial charge in [0.05, 0.1) is 11.0 Å². The van der Waals surface area contributed by atoms with Gasteiger partial charge in [0, 0.05) is 0 Å². The summed E-state index contributed by atoms with van der Waals surface area (Å²) >= 11 is 0. The van der Waals surface area contributed by atoms with Crippen LogP contribution < -0.4 is 0 Å². The molecule has 0 amide bonds. The van der Waals surface area contributed by atoms with Crippen LogP contribution in [-0.2, 0) is 4.79 Å². The summed E-state index contributed by atoms with van der Waals surface area (Å²) in [7, 11) is 0. The Bertz CT molecular complexity index is 545. The van der Waals surface area contributed by atoms with Crippen LogP contribution >= 0.6 is 0 Å². The molecule has 130 valence electrons. The maximum Gasteiger partial charge on any atom is 0.314 e. The van der Waals surface area contributed by atoms with Crippen molar-refractivity contribution >= 4 is 5.97 Å². The molecular weight excluding hydrogens is 288 g/mol. The van der Waals surface area contributed by atoms with Crippen LogP contribution in [0.25, 0.3) is 0 Å². The van der Waals surface area contributed by atoms with Crippen molar-refractivity contribution in [3.63, 3.8) is 0 Å². The van der Waals surface area contributed by atoms with Crippen molar-refractivity contribution in [3.8, 4) is 0 Å². The summed E-state index contributed by atoms with van der Waals surface area (Å²) in [5.41, 5.74) is 1.26. The first-order chi connectivity index (χ1) is 10.6. The van der Waals surface area contributed by atoms with Gasteiger partial charge in [-0.2, -0.15) is 0 Å². The number of carboxylic acid groups (broad SMARTS) is 1. The van der Waals surface area contributed by atoms with E-state index < -0.39 is 17.0 Å². The van der Waals surface area contributed by atoms with Gasteiger partial charge in [0.25, 0.3) is 0 Å². The van der Waals surface area contributed by atoms with E-state index in [0.29, 0.717) is 12.8 Å². The van der Waals surface area contributed by atoms with E-state index >= 15 is 0 Å². The number of carbonyl (C=O) groups is 1. The molecule has 0 heterocycles. The minimum Gasteiger partial charge on any atom is -0.481 e. The predicted molar refractivity (Wildman–Crippen MR) is 91.1 cm³/mol. The van der Waals surface area contributed by atoms with Crippen molar-refractivity contribution in [1.29, 1.82) is 0 Å². The zero-order valence-electron chi connectivity index (χ0n) is 15.1. The van der Waals surface area contributed by atoms with Crippen LogP contribution in [0.5, 0.6) is 0 Å². The molecule has 3 aliphatic carbocycles. The highest BCUT2D eigenvalue weighted by molar-refractivity contribution is 5.80. The third kappa shape index (κ3) is 2.38. The maximum atomic E-state index is 12.5. The van der Waals surface area contributed by atoms with E-state index in [1.807, 2.05) is 0 Å². The molecule has 0 spiro atoms. The lowest BCUT2D eigenvalue weighted by Gasteiger charge is -2.56. The molecule has 1 fully saturated rings. The molecule has 0 aromatic carbocycles. The molecule has 0 radical (unpaired) electrons. The monoisotopic (exact) mass is 320 g/mol. The number of hydrogen-bond donors (Lipinski definition) is 2. The molecule has 3 unspecified atom stereocenters. The fourth-order valence-corrected chi connectivity index (χ4v) is 5.89. The van der Waals surface area contributed by atoms with Crippen molar-refractivity contribution in [2.45, 2.75) is 84.7 Å². The summed E-state index contributed by atoms with van der Waals surface area (Å²) in [6.07, 6.45) is 7.03. The minimum atomic E-state index is -0.659. The maximum absolute atomic E-state index is 12.5. The Morgan fingerprint density at radius 2 is 1.87 bits per heavy atom. The van der Waals surface area contributed by atoms with Crippen molar-refractivity contribution in [1.82, 2.24) is 0 Å². The number of rotatable bonds is 2. The second-order valence-electron chi connectivity index (χ2n) is 9.23. The predicted octanol–water partition coefficient (Wildman–Crippen LogP) is 4.55. The van der Waals surface area contributed by atoms with Gasteiger partial charge in [-0.1, -0.05) is 45.3 Å². The van der Waals surface area contributed by atoms with Gasteiger partial charge in [0.2, 0.25) is 0 Å². The first kappa shape index (κ1) is 17.0. The Balaban J connectivity index is 2.07. The summed E-state index contributed by atoms with van der Waals surface area (Å²) in [5.74, 6) is -0.152. The Labute approximate surface area is 140 Å². The first-order valence-corrected chi connectivity index (χ1v) is 9.31. The van der Waals surface area contributed by atoms with Crippen molar-refractivity contribution in [3.05, 3.63) is 11.1 Å². The molecule has 3 nitrogen and oxygen atoms in total. The third-order valence-corrected chi connectivity index (χ3v) is 7.41. The molecule has 2 N–H and O–H groups in total. The molecular formula is C20H32O3. The summed E-state index contributed by atoms with van der Waals surface area (Å²) in [6.45, 7) is 8.67. The number of hydrogen-bond acceptors (Lipinski definition) is 2. The molecule has 0 saturated heterocycles. The zero-order valence-corrected chi connectivity index (χ0v) is 15.1. The van der Waals surface area contributed by atoms with Crippen LogP contribution in [0.1, 0.15) is 79.1 Å². The largest absolute Gasteiger partial charge is 0.481 e. The van der Waals surface area contributed by atoms with Gasteiger partial charge in [0.15, 0.2) is 0 Å². The van der Waals surface area contributed by atoms with E-state index in [2.05, 4.69) is 27.7 Å². The zero-order chi connectivity index (χ0) is 17.0. The molecule has 3 atom stereocenters. The minimum absolute atomic E-state index is 0.0982. The van der Waals surface area contributed by atoms with Gasteiger partial charge in [0.1, 0.15) is 0 Å². The molecule has 1 saturated carbocycles. The van der Waals surface area contributed by atoms with E-state index in [0.717, 1.165) is 38.5 Å². The van der Waals surface area contributed by atoms with E-state index in [1.165, 1.54) is 11.1 Å². The van der Waals surface area contributed by atoms with Crippen LogP contribution in [0, 0.1) is 22.7 Å². The number of fused-ring (bicyclic) bond motifs is 2. The fourth-order valence-electron chi connectivity index (χ4n) is 5.89. The van der Waals surface area contributed by atoms with Crippen LogP contribution in [0.2, 0.25) is 0 Å². The second kappa shape index (κ2) is 5.34. The van der Waals surface area contributed by atoms with Crippen molar-refractivity contribution in [2.75, 3.05) is 0 Å². The molecule has 0 bridgehead atoms. The highest BCUT2D eigenvalue weighted by Crippen LogP contribution is 2.62. The Morgan fingerprint density at radius 3 is 2.48 bits per heavy atom. The average molecular weight is 320 g/mol. The normalized spacial score (nSPS) is 39.8. The molecule has 3 aliphatic rings. The second-order valence-corrected chi connectivity index (χ2v) is 9.23. The van der Waals surface area contributed by atoms with Crippen molar-refractivity contribution < 1.29 is 15.0 Å². The lowest BCUT2D eigenvalue weighted by molar-refractivity contribution is -0.159. The van der Waals surface area contributed by atoms with Gasteiger partial charge in [-0.25, -0.2) is 0 Å². The van der Waals surface area contributed by atoms with Gasteiger partial charge in [-0.3, -0.25) is 4.79 Å². The Hall–Kier alpha value is -0.830. The Kier molecular flexibility index (Phi) is 3.95. The average Bonchev–Trinajstić information content (AvgIpc) is 2.45. The highest BCUT2D eigenvalue weighted by atomic mass is 16.4. The standard InChI is InChI=1S/C20H32O3/c1-13(2)19(23)11-8-15-14(12-19)6-7-16-18(3,4)9-5-10-20(15,16)17(21)22/h13,16,23H,5-12H2,1-4H3,(H,21,22). The molecule has 0 aromatic rings. The van der Waals surface area contributed by atoms with E-state index in [4.69, 9.17) is 0 Å². The number of aliphatic hydroxyl groups is 1. The lowest BCUT2D eigenvalue weighted by atomic mass is 9.47. The van der Waals surface area contributed by atoms with Crippen LogP contribution in [0.3, 0.4) is 0 Å². The van der Waals surface area contributed by atoms with Gasteiger partial charge in [-0.15, -0.1) is 0 Å². The molecule has 3 heteroatoms. The third-order valence-electron chi connectivity index (χ3n) is 7.41. The highest BCUT2D eigenvalue weighted by Gasteiger charge is 2.59. The summed E-state index contributed by atoms with van der Waals surface area (Å²) < 4.78 is 0. The van der Waals surface area contributed by atoms with Crippen LogP contribution in [-0.4, -0.2) is 21.8 Å². The SMILES string of the molecule is CC(C)C1(O)CCC2=C(CCC3C(C)(C)CCCC23C(=O)O)C1. The molecule has 3 rings (SSSR count). The van der Waals surface area contributed by atoms with Gasteiger partial charge < -0.3 is 10.2 Å². The first-order valence-electron chi connectivity index (χ1n) is 9.31. The Morgan fingerprint density at radius 1 is 1.17 bits per heavy atom. The van der Waals surface area contributed by atoms with Crippen molar-refractivity contribution in [2.24, 2.45) is 22.7 Å². The fraction of sp³-hybridized carbons (Fsp3) is 0.850. The smallest absolute Gasteiger partial charge is 0.314 e. The van der Waals surface area contributed by atoms with Gasteiger partial charge >= 0.3 is 5.97 Å². The van der Waals surface area contributed by atoms with E-state index in [9.17, 15) is 15.0 Å². The van der Waals surface area contributed by atoms with E-state index in [-0.39, 0.29) is 17.3 Å². The molecule has 23 heavy (non-hydrogen) atoms. The summed E-state index contributed by atoms with van der Waals surface area (Å²) in [6, 6.07) is 0. The molecule has 0 aromatic heterocycles.